The summed E-state index contributed by atoms with van der Waals surface area (Å²) >= 11 is 0. The van der Waals surface area contributed by atoms with E-state index in [0.29, 0.717) is 5.56 Å². The van der Waals surface area contributed by atoms with Crippen molar-refractivity contribution in [2.24, 2.45) is 0 Å². The largest absolute Gasteiger partial charge is 0.444 e. The molecule has 0 atom stereocenters. The number of carbonyl (C=O) groups excluding carboxylic acids is 1. The number of hydrogen-bond acceptors (Lipinski definition) is 4. The molecule has 22 heavy (non-hydrogen) atoms. The van der Waals surface area contributed by atoms with E-state index in [1.165, 1.54) is 0 Å². The highest BCUT2D eigenvalue weighted by Gasteiger charge is 2.14. The number of nitrogens with zero attached hydrogens (tertiary/aromatic N) is 1. The molecule has 5 nitrogen and oxygen atoms in total. The van der Waals surface area contributed by atoms with E-state index in [9.17, 15) is 4.79 Å². The lowest BCUT2D eigenvalue weighted by molar-refractivity contribution is 0.154. The number of carbonyl (C=O) groups is 1. The zero-order valence-corrected chi connectivity index (χ0v) is 11.7. The molecule has 1 N–H and O–H groups in total. The van der Waals surface area contributed by atoms with Gasteiger partial charge in [0.25, 0.3) is 0 Å². The summed E-state index contributed by atoms with van der Waals surface area (Å²) in [5.41, 5.74) is 2.53. The van der Waals surface area contributed by atoms with Gasteiger partial charge in [-0.15, -0.1) is 0 Å². The molecule has 0 saturated heterocycles. The topological polar surface area (TPSA) is 64.4 Å². The van der Waals surface area contributed by atoms with Gasteiger partial charge in [0.15, 0.2) is 0 Å². The van der Waals surface area contributed by atoms with Crippen LogP contribution in [0.2, 0.25) is 0 Å². The number of anilines is 1. The van der Waals surface area contributed by atoms with E-state index in [0.717, 1.165) is 11.1 Å². The van der Waals surface area contributed by atoms with Crippen LogP contribution < -0.4 is 5.32 Å². The normalized spacial score (nSPS) is 10.2. The number of aromatic nitrogens is 1. The van der Waals surface area contributed by atoms with E-state index in [1.807, 2.05) is 60.7 Å². The molecule has 1 heterocycles. The molecule has 0 bridgehead atoms. The Morgan fingerprint density at radius 3 is 2.45 bits per heavy atom. The van der Waals surface area contributed by atoms with Gasteiger partial charge in [-0.25, -0.2) is 4.79 Å². The van der Waals surface area contributed by atoms with E-state index in [4.69, 9.17) is 9.26 Å². The Kier molecular flexibility index (Phi) is 4.15. The number of nitrogens with one attached hydrogen (secondary N) is 1. The highest BCUT2D eigenvalue weighted by molar-refractivity contribution is 5.88. The Morgan fingerprint density at radius 1 is 1.05 bits per heavy atom. The van der Waals surface area contributed by atoms with Crippen molar-refractivity contribution >= 4 is 12.0 Å². The number of amides is 1. The van der Waals surface area contributed by atoms with Gasteiger partial charge in [-0.05, 0) is 11.1 Å². The van der Waals surface area contributed by atoms with Crippen LogP contribution in [0.5, 0.6) is 0 Å². The predicted octanol–water partition coefficient (Wildman–Crippen LogP) is 4.09. The molecule has 2 aromatic carbocycles. The predicted molar refractivity (Wildman–Crippen MR) is 82.2 cm³/mol. The average Bonchev–Trinajstić information content (AvgIpc) is 3.03. The third-order valence-electron chi connectivity index (χ3n) is 3.08. The minimum atomic E-state index is -0.585. The second-order valence-electron chi connectivity index (χ2n) is 4.62. The maximum Gasteiger partial charge on any atom is 0.414 e. The van der Waals surface area contributed by atoms with Crippen LogP contribution in [0, 0.1) is 0 Å². The zero-order valence-electron chi connectivity index (χ0n) is 11.7. The molecule has 1 amide bonds. The van der Waals surface area contributed by atoms with Crippen molar-refractivity contribution in [1.82, 2.24) is 5.16 Å². The fraction of sp³-hybridized carbons (Fsp3) is 0.0588. The van der Waals surface area contributed by atoms with E-state index < -0.39 is 6.09 Å². The average molecular weight is 294 g/mol. The molecule has 0 saturated carbocycles. The first kappa shape index (κ1) is 13.9. The quantitative estimate of drug-likeness (QED) is 0.787. The van der Waals surface area contributed by atoms with Crippen molar-refractivity contribution in [3.05, 3.63) is 72.4 Å². The molecule has 1 aromatic heterocycles. The Hall–Kier alpha value is -3.08. The summed E-state index contributed by atoms with van der Waals surface area (Å²) in [5, 5.41) is 6.29. The van der Waals surface area contributed by atoms with E-state index in [2.05, 4.69) is 10.5 Å². The maximum atomic E-state index is 11.8. The molecule has 0 unspecified atom stereocenters. The summed E-state index contributed by atoms with van der Waals surface area (Å²) < 4.78 is 10.2. The minimum Gasteiger partial charge on any atom is -0.444 e. The monoisotopic (exact) mass is 294 g/mol. The summed E-state index contributed by atoms with van der Waals surface area (Å²) in [4.78, 5) is 11.8. The van der Waals surface area contributed by atoms with Crippen LogP contribution in [0.25, 0.3) is 11.1 Å². The smallest absolute Gasteiger partial charge is 0.414 e. The third-order valence-corrected chi connectivity index (χ3v) is 3.08. The molecular formula is C17H14N2O3. The summed E-state index contributed by atoms with van der Waals surface area (Å²) in [6, 6.07) is 19.0. The van der Waals surface area contributed by atoms with Crippen LogP contribution in [0.3, 0.4) is 0 Å². The first-order valence-electron chi connectivity index (χ1n) is 6.81. The van der Waals surface area contributed by atoms with Crippen molar-refractivity contribution in [2.75, 3.05) is 5.32 Å². The molecule has 110 valence electrons. The molecule has 5 heteroatoms. The lowest BCUT2D eigenvalue weighted by Crippen LogP contribution is -2.13. The van der Waals surface area contributed by atoms with Gasteiger partial charge >= 0.3 is 6.09 Å². The summed E-state index contributed by atoms with van der Waals surface area (Å²) in [7, 11) is 0. The lowest BCUT2D eigenvalue weighted by atomic mass is 10.1. The van der Waals surface area contributed by atoms with Crippen molar-refractivity contribution in [3.8, 4) is 11.1 Å². The van der Waals surface area contributed by atoms with Crippen LogP contribution in [0.4, 0.5) is 10.7 Å². The van der Waals surface area contributed by atoms with Gasteiger partial charge in [-0.3, -0.25) is 5.32 Å². The van der Waals surface area contributed by atoms with Crippen molar-refractivity contribution in [2.45, 2.75) is 6.61 Å². The third kappa shape index (κ3) is 3.32. The van der Waals surface area contributed by atoms with E-state index >= 15 is 0 Å². The first-order chi connectivity index (χ1) is 10.8. The van der Waals surface area contributed by atoms with Crippen LogP contribution in [0.1, 0.15) is 5.56 Å². The SMILES string of the molecule is O=C(Nc1oncc1-c1ccccc1)OCc1ccccc1. The Bertz CT molecular complexity index is 739. The van der Waals surface area contributed by atoms with Crippen molar-refractivity contribution < 1.29 is 14.1 Å². The Labute approximate surface area is 127 Å². The maximum absolute atomic E-state index is 11.8. The van der Waals surface area contributed by atoms with Crippen LogP contribution in [0.15, 0.2) is 71.4 Å². The molecule has 0 radical (unpaired) electrons. The molecule has 3 aromatic rings. The summed E-state index contributed by atoms with van der Waals surface area (Å²) in [6.45, 7) is 0.196. The second kappa shape index (κ2) is 6.58. The molecular weight excluding hydrogens is 280 g/mol. The first-order valence-corrected chi connectivity index (χ1v) is 6.81. The van der Waals surface area contributed by atoms with Gasteiger partial charge < -0.3 is 9.26 Å². The van der Waals surface area contributed by atoms with Crippen LogP contribution in [-0.4, -0.2) is 11.2 Å². The fourth-order valence-electron chi connectivity index (χ4n) is 2.00. The Morgan fingerprint density at radius 2 is 1.73 bits per heavy atom. The number of benzene rings is 2. The molecule has 0 spiro atoms. The van der Waals surface area contributed by atoms with E-state index in [-0.39, 0.29) is 12.5 Å². The highest BCUT2D eigenvalue weighted by atomic mass is 16.6. The minimum absolute atomic E-state index is 0.196. The number of rotatable bonds is 4. The molecule has 3 rings (SSSR count). The molecule has 0 aliphatic carbocycles. The summed E-state index contributed by atoms with van der Waals surface area (Å²) in [5.74, 6) is 0.268. The standard InChI is InChI=1S/C17H14N2O3/c20-17(21-12-13-7-3-1-4-8-13)19-16-15(11-18-22-16)14-9-5-2-6-10-14/h1-11H,12H2,(H,19,20). The summed E-state index contributed by atoms with van der Waals surface area (Å²) in [6.07, 6.45) is 0.972. The van der Waals surface area contributed by atoms with Crippen molar-refractivity contribution in [3.63, 3.8) is 0 Å². The van der Waals surface area contributed by atoms with Gasteiger partial charge in [0.2, 0.25) is 5.88 Å². The van der Waals surface area contributed by atoms with Crippen LogP contribution >= 0.6 is 0 Å². The molecule has 0 aliphatic heterocycles. The van der Waals surface area contributed by atoms with Gasteiger partial charge in [0.05, 0.1) is 11.8 Å². The van der Waals surface area contributed by atoms with Gasteiger partial charge in [0, 0.05) is 0 Å². The lowest BCUT2D eigenvalue weighted by Gasteiger charge is -2.06. The fourth-order valence-corrected chi connectivity index (χ4v) is 2.00. The van der Waals surface area contributed by atoms with Gasteiger partial charge in [0.1, 0.15) is 6.61 Å². The molecule has 0 fully saturated rings. The van der Waals surface area contributed by atoms with E-state index in [1.54, 1.807) is 6.20 Å². The van der Waals surface area contributed by atoms with Crippen molar-refractivity contribution in [1.29, 1.82) is 0 Å². The Balaban J connectivity index is 1.64. The zero-order chi connectivity index (χ0) is 15.2. The number of ether oxygens (including phenoxy) is 1. The van der Waals surface area contributed by atoms with Crippen LogP contribution in [-0.2, 0) is 11.3 Å². The van der Waals surface area contributed by atoms with Gasteiger partial charge in [-0.1, -0.05) is 65.8 Å². The number of hydrogen-bond donors (Lipinski definition) is 1. The molecule has 0 aliphatic rings. The second-order valence-corrected chi connectivity index (χ2v) is 4.62. The highest BCUT2D eigenvalue weighted by Crippen LogP contribution is 2.27. The van der Waals surface area contributed by atoms with Gasteiger partial charge in [-0.2, -0.15) is 0 Å².